The minimum atomic E-state index is -0.915. The van der Waals surface area contributed by atoms with Gasteiger partial charge in [0, 0.05) is 19.2 Å². The number of aryl methyl sites for hydroxylation is 1. The monoisotopic (exact) mass is 255 g/mol. The van der Waals surface area contributed by atoms with E-state index in [2.05, 4.69) is 21.9 Å². The van der Waals surface area contributed by atoms with Gasteiger partial charge in [0.15, 0.2) is 0 Å². The average molecular weight is 256 g/mol. The molecule has 1 aromatic rings. The predicted molar refractivity (Wildman–Crippen MR) is 57.2 cm³/mol. The van der Waals surface area contributed by atoms with Gasteiger partial charge in [-0.2, -0.15) is 0 Å². The molecule has 0 saturated heterocycles. The summed E-state index contributed by atoms with van der Waals surface area (Å²) in [4.78, 5) is 10.6. The standard InChI is InChI=1S/C10H10BrNO2/c1-2-3-4-5-12-7-8(10(13)14)6-9(12)11/h1,6-7H,3-5H2,(H,13,14). The molecule has 0 radical (unpaired) electrons. The van der Waals surface area contributed by atoms with Crippen LogP contribution in [0.25, 0.3) is 0 Å². The lowest BCUT2D eigenvalue weighted by molar-refractivity contribution is 0.0697. The number of unbranched alkanes of at least 4 members (excludes halogenated alkanes) is 1. The molecule has 4 heteroatoms. The van der Waals surface area contributed by atoms with Crippen LogP contribution in [0.4, 0.5) is 0 Å². The van der Waals surface area contributed by atoms with Gasteiger partial charge in [0.25, 0.3) is 0 Å². The Kier molecular flexibility index (Phi) is 3.78. The summed E-state index contributed by atoms with van der Waals surface area (Å²) in [5, 5.41) is 8.73. The molecule has 74 valence electrons. The lowest BCUT2D eigenvalue weighted by Crippen LogP contribution is -1.97. The molecule has 0 spiro atoms. The third kappa shape index (κ3) is 2.64. The largest absolute Gasteiger partial charge is 0.478 e. The normalized spacial score (nSPS) is 9.71. The third-order valence-electron chi connectivity index (χ3n) is 1.81. The first-order chi connectivity index (χ1) is 6.65. The number of hydrogen-bond donors (Lipinski definition) is 1. The molecule has 0 unspecified atom stereocenters. The molecule has 1 N–H and O–H groups in total. The second kappa shape index (κ2) is 4.87. The van der Waals surface area contributed by atoms with Crippen molar-refractivity contribution in [2.45, 2.75) is 19.4 Å². The highest BCUT2D eigenvalue weighted by molar-refractivity contribution is 9.10. The maximum atomic E-state index is 10.6. The molecule has 1 heterocycles. The summed E-state index contributed by atoms with van der Waals surface area (Å²) >= 11 is 3.29. The number of nitrogens with zero attached hydrogens (tertiary/aromatic N) is 1. The number of aromatic nitrogens is 1. The van der Waals surface area contributed by atoms with E-state index in [0.29, 0.717) is 6.42 Å². The summed E-state index contributed by atoms with van der Waals surface area (Å²) in [6.45, 7) is 0.734. The summed E-state index contributed by atoms with van der Waals surface area (Å²) in [5.41, 5.74) is 0.289. The quantitative estimate of drug-likeness (QED) is 0.663. The van der Waals surface area contributed by atoms with Gasteiger partial charge in [-0.25, -0.2) is 4.79 Å². The molecule has 0 amide bonds. The Morgan fingerprint density at radius 1 is 1.71 bits per heavy atom. The number of rotatable bonds is 4. The molecule has 0 saturated carbocycles. The van der Waals surface area contributed by atoms with Crippen LogP contribution in [0.1, 0.15) is 23.2 Å². The van der Waals surface area contributed by atoms with Crippen LogP contribution >= 0.6 is 15.9 Å². The first kappa shape index (κ1) is 10.9. The summed E-state index contributed by atoms with van der Waals surface area (Å²) < 4.78 is 2.60. The van der Waals surface area contributed by atoms with E-state index >= 15 is 0 Å². The second-order valence-electron chi connectivity index (χ2n) is 2.86. The molecule has 14 heavy (non-hydrogen) atoms. The second-order valence-corrected chi connectivity index (χ2v) is 3.67. The van der Waals surface area contributed by atoms with Crippen molar-refractivity contribution >= 4 is 21.9 Å². The molecule has 0 fully saturated rings. The van der Waals surface area contributed by atoms with Gasteiger partial charge in [0.1, 0.15) is 0 Å². The molecule has 0 aliphatic rings. The Bertz CT molecular complexity index is 376. The molecule has 1 aromatic heterocycles. The number of carbonyl (C=O) groups is 1. The van der Waals surface area contributed by atoms with Crippen molar-refractivity contribution in [3.8, 4) is 12.3 Å². The molecule has 0 bridgehead atoms. The van der Waals surface area contributed by atoms with E-state index in [4.69, 9.17) is 11.5 Å². The number of hydrogen-bond acceptors (Lipinski definition) is 1. The Labute approximate surface area is 90.9 Å². The number of aromatic carboxylic acids is 1. The Morgan fingerprint density at radius 2 is 2.43 bits per heavy atom. The zero-order chi connectivity index (χ0) is 10.6. The van der Waals surface area contributed by atoms with E-state index in [0.717, 1.165) is 17.6 Å². The lowest BCUT2D eigenvalue weighted by atomic mass is 10.3. The zero-order valence-electron chi connectivity index (χ0n) is 7.53. The minimum Gasteiger partial charge on any atom is -0.478 e. The first-order valence-electron chi connectivity index (χ1n) is 4.17. The van der Waals surface area contributed by atoms with Crippen LogP contribution in [-0.4, -0.2) is 15.6 Å². The highest BCUT2D eigenvalue weighted by Crippen LogP contribution is 2.16. The van der Waals surface area contributed by atoms with Crippen molar-refractivity contribution in [2.24, 2.45) is 0 Å². The number of terminal acetylenes is 1. The van der Waals surface area contributed by atoms with Gasteiger partial charge in [-0.05, 0) is 28.4 Å². The molecular weight excluding hydrogens is 246 g/mol. The fourth-order valence-corrected chi connectivity index (χ4v) is 1.64. The third-order valence-corrected chi connectivity index (χ3v) is 2.50. The fourth-order valence-electron chi connectivity index (χ4n) is 1.12. The van der Waals surface area contributed by atoms with E-state index in [1.165, 1.54) is 0 Å². The zero-order valence-corrected chi connectivity index (χ0v) is 9.12. The van der Waals surface area contributed by atoms with E-state index < -0.39 is 5.97 Å². The summed E-state index contributed by atoms with van der Waals surface area (Å²) in [6.07, 6.45) is 8.27. The van der Waals surface area contributed by atoms with Crippen molar-refractivity contribution in [3.63, 3.8) is 0 Å². The van der Waals surface area contributed by atoms with Crippen LogP contribution in [0, 0.1) is 12.3 Å². The van der Waals surface area contributed by atoms with E-state index in [1.807, 2.05) is 4.57 Å². The maximum absolute atomic E-state index is 10.6. The molecule has 0 aliphatic heterocycles. The fraction of sp³-hybridized carbons (Fsp3) is 0.300. The van der Waals surface area contributed by atoms with Crippen molar-refractivity contribution in [1.82, 2.24) is 4.57 Å². The van der Waals surface area contributed by atoms with Gasteiger partial charge >= 0.3 is 5.97 Å². The minimum absolute atomic E-state index is 0.289. The van der Waals surface area contributed by atoms with Crippen LogP contribution in [0.15, 0.2) is 16.9 Å². The highest BCUT2D eigenvalue weighted by Gasteiger charge is 2.08. The van der Waals surface area contributed by atoms with Crippen LogP contribution in [0.2, 0.25) is 0 Å². The van der Waals surface area contributed by atoms with Crippen LogP contribution in [0.3, 0.4) is 0 Å². The van der Waals surface area contributed by atoms with Crippen molar-refractivity contribution in [3.05, 3.63) is 22.4 Å². The summed E-state index contributed by atoms with van der Waals surface area (Å²) in [7, 11) is 0. The van der Waals surface area contributed by atoms with Crippen LogP contribution < -0.4 is 0 Å². The molecule has 1 rings (SSSR count). The van der Waals surface area contributed by atoms with Gasteiger partial charge in [-0.15, -0.1) is 12.3 Å². The Morgan fingerprint density at radius 3 is 2.93 bits per heavy atom. The summed E-state index contributed by atoms with van der Waals surface area (Å²) in [5.74, 6) is 1.63. The van der Waals surface area contributed by atoms with Gasteiger partial charge in [0.05, 0.1) is 10.2 Å². The van der Waals surface area contributed by atoms with Crippen molar-refractivity contribution in [2.75, 3.05) is 0 Å². The SMILES string of the molecule is C#CCCCn1cc(C(=O)O)cc1Br. The van der Waals surface area contributed by atoms with E-state index in [1.54, 1.807) is 12.3 Å². The van der Waals surface area contributed by atoms with Gasteiger partial charge < -0.3 is 9.67 Å². The summed E-state index contributed by atoms with van der Waals surface area (Å²) in [6, 6.07) is 1.58. The van der Waals surface area contributed by atoms with Crippen molar-refractivity contribution < 1.29 is 9.90 Å². The predicted octanol–water partition coefficient (Wildman–Crippen LogP) is 2.36. The van der Waals surface area contributed by atoms with Gasteiger partial charge in [-0.3, -0.25) is 0 Å². The smallest absolute Gasteiger partial charge is 0.337 e. The molecule has 0 atom stereocenters. The Hall–Kier alpha value is -1.21. The maximum Gasteiger partial charge on any atom is 0.337 e. The number of carboxylic acid groups (broad SMARTS) is 1. The molecule has 0 aromatic carbocycles. The highest BCUT2D eigenvalue weighted by atomic mass is 79.9. The first-order valence-corrected chi connectivity index (χ1v) is 4.97. The number of carboxylic acids is 1. The average Bonchev–Trinajstić information content (AvgIpc) is 2.49. The topological polar surface area (TPSA) is 42.2 Å². The van der Waals surface area contributed by atoms with Crippen LogP contribution in [0.5, 0.6) is 0 Å². The molecule has 3 nitrogen and oxygen atoms in total. The lowest BCUT2D eigenvalue weighted by Gasteiger charge is -2.01. The molecular formula is C10H10BrNO2. The van der Waals surface area contributed by atoms with Gasteiger partial charge in [0.2, 0.25) is 0 Å². The number of halogens is 1. The van der Waals surface area contributed by atoms with Crippen LogP contribution in [-0.2, 0) is 6.54 Å². The Balaban J connectivity index is 2.69. The van der Waals surface area contributed by atoms with E-state index in [9.17, 15) is 4.79 Å². The molecule has 0 aliphatic carbocycles. The van der Waals surface area contributed by atoms with Crippen molar-refractivity contribution in [1.29, 1.82) is 0 Å². The van der Waals surface area contributed by atoms with E-state index in [-0.39, 0.29) is 5.56 Å². The van der Waals surface area contributed by atoms with Gasteiger partial charge in [-0.1, -0.05) is 0 Å².